The molecule has 0 atom stereocenters. The van der Waals surface area contributed by atoms with Gasteiger partial charge in [0.1, 0.15) is 0 Å². The number of nitrogens with one attached hydrogen (secondary N) is 2. The molecule has 0 saturated carbocycles. The number of nitrogens with two attached hydrogens (primary N) is 1. The van der Waals surface area contributed by atoms with E-state index < -0.39 is 0 Å². The van der Waals surface area contributed by atoms with Crippen LogP contribution in [0.3, 0.4) is 0 Å². The number of halogens is 1. The van der Waals surface area contributed by atoms with E-state index in [9.17, 15) is 4.79 Å². The number of para-hydroxylation sites is 1. The number of benzene rings is 1. The Balaban J connectivity index is 0.00000288. The molecule has 1 aromatic heterocycles. The maximum Gasteiger partial charge on any atom is 0.220 e. The highest BCUT2D eigenvalue weighted by atomic mass is 35.5. The summed E-state index contributed by atoms with van der Waals surface area (Å²) in [5.74, 6) is 0.159. The summed E-state index contributed by atoms with van der Waals surface area (Å²) in [4.78, 5) is 15.2. The molecule has 5 heteroatoms. The second kappa shape index (κ2) is 11.1. The summed E-state index contributed by atoms with van der Waals surface area (Å²) in [5.41, 5.74) is 9.31. The van der Waals surface area contributed by atoms with E-state index in [1.54, 1.807) is 0 Å². The molecule has 0 aliphatic heterocycles. The smallest absolute Gasteiger partial charge is 0.220 e. The summed E-state index contributed by atoms with van der Waals surface area (Å²) in [6.45, 7) is 3.62. The number of aromatic amines is 1. The highest BCUT2D eigenvalue weighted by Gasteiger charge is 2.07. The van der Waals surface area contributed by atoms with Gasteiger partial charge in [0.05, 0.1) is 0 Å². The van der Waals surface area contributed by atoms with Crippen molar-refractivity contribution in [2.45, 2.75) is 51.9 Å². The lowest BCUT2D eigenvalue weighted by Crippen LogP contribution is -2.25. The highest BCUT2D eigenvalue weighted by molar-refractivity contribution is 5.86. The largest absolute Gasteiger partial charge is 0.361 e. The number of hydrogen-bond donors (Lipinski definition) is 3. The fraction of sp³-hybridized carbons (Fsp3) is 0.526. The number of carbonyl (C=O) groups is 1. The number of H-pyrrole nitrogens is 1. The van der Waals surface area contributed by atoms with Gasteiger partial charge in [0.25, 0.3) is 0 Å². The van der Waals surface area contributed by atoms with Gasteiger partial charge in [-0.3, -0.25) is 4.79 Å². The minimum absolute atomic E-state index is 0. The van der Waals surface area contributed by atoms with Crippen LogP contribution < -0.4 is 11.1 Å². The second-order valence-corrected chi connectivity index (χ2v) is 6.06. The molecule has 0 unspecified atom stereocenters. The number of rotatable bonds is 10. The predicted molar refractivity (Wildman–Crippen MR) is 104 cm³/mol. The molecule has 1 aromatic carbocycles. The second-order valence-electron chi connectivity index (χ2n) is 6.06. The maximum absolute atomic E-state index is 11.8. The lowest BCUT2D eigenvalue weighted by Gasteiger charge is -2.05. The van der Waals surface area contributed by atoms with Crippen molar-refractivity contribution in [1.29, 1.82) is 0 Å². The van der Waals surface area contributed by atoms with Crippen molar-refractivity contribution in [3.8, 4) is 0 Å². The quantitative estimate of drug-likeness (QED) is 0.571. The van der Waals surface area contributed by atoms with Crippen LogP contribution in [0.1, 0.15) is 50.2 Å². The Morgan fingerprint density at radius 3 is 2.71 bits per heavy atom. The van der Waals surface area contributed by atoms with E-state index in [-0.39, 0.29) is 18.3 Å². The Hall–Kier alpha value is -1.52. The molecular weight excluding hydrogens is 322 g/mol. The molecule has 2 rings (SSSR count). The van der Waals surface area contributed by atoms with Crippen molar-refractivity contribution in [2.24, 2.45) is 5.73 Å². The molecule has 4 nitrogen and oxygen atoms in total. The van der Waals surface area contributed by atoms with Crippen molar-refractivity contribution in [3.63, 3.8) is 0 Å². The van der Waals surface area contributed by atoms with E-state index in [0.29, 0.717) is 13.0 Å². The molecule has 0 saturated heterocycles. The molecule has 24 heavy (non-hydrogen) atoms. The monoisotopic (exact) mass is 351 g/mol. The Kier molecular flexibility index (Phi) is 9.50. The third kappa shape index (κ3) is 5.84. The topological polar surface area (TPSA) is 70.9 Å². The molecule has 0 bridgehead atoms. The first-order valence-electron chi connectivity index (χ1n) is 8.81. The molecule has 0 aliphatic rings. The molecule has 0 spiro atoms. The SMILES string of the molecule is CCc1cccc2c(CCNC(=O)CCCCCCN)c[nH]c12.Cl. The van der Waals surface area contributed by atoms with Crippen LogP contribution in [0.5, 0.6) is 0 Å². The van der Waals surface area contributed by atoms with Crippen LogP contribution in [0.15, 0.2) is 24.4 Å². The van der Waals surface area contributed by atoms with E-state index >= 15 is 0 Å². The number of amides is 1. The summed E-state index contributed by atoms with van der Waals surface area (Å²) < 4.78 is 0. The van der Waals surface area contributed by atoms with Gasteiger partial charge >= 0.3 is 0 Å². The molecule has 2 aromatic rings. The fourth-order valence-electron chi connectivity index (χ4n) is 2.99. The zero-order valence-electron chi connectivity index (χ0n) is 14.6. The van der Waals surface area contributed by atoms with Gasteiger partial charge in [0.2, 0.25) is 5.91 Å². The van der Waals surface area contributed by atoms with Crippen LogP contribution >= 0.6 is 12.4 Å². The van der Waals surface area contributed by atoms with Crippen LogP contribution in [0.4, 0.5) is 0 Å². The first kappa shape index (κ1) is 20.5. The molecule has 0 fully saturated rings. The van der Waals surface area contributed by atoms with Gasteiger partial charge in [-0.25, -0.2) is 0 Å². The lowest BCUT2D eigenvalue weighted by molar-refractivity contribution is -0.121. The number of aromatic nitrogens is 1. The molecule has 0 aliphatic carbocycles. The van der Waals surface area contributed by atoms with Crippen LogP contribution in [-0.4, -0.2) is 24.0 Å². The number of fused-ring (bicyclic) bond motifs is 1. The van der Waals surface area contributed by atoms with Crippen molar-refractivity contribution >= 4 is 29.2 Å². The predicted octanol–water partition coefficient (Wildman–Crippen LogP) is 3.72. The third-order valence-electron chi connectivity index (χ3n) is 4.34. The Morgan fingerprint density at radius 2 is 1.96 bits per heavy atom. The van der Waals surface area contributed by atoms with Crippen molar-refractivity contribution in [2.75, 3.05) is 13.1 Å². The van der Waals surface area contributed by atoms with Gasteiger partial charge < -0.3 is 16.0 Å². The fourth-order valence-corrected chi connectivity index (χ4v) is 2.99. The van der Waals surface area contributed by atoms with Gasteiger partial charge in [0.15, 0.2) is 0 Å². The minimum atomic E-state index is 0. The van der Waals surface area contributed by atoms with E-state index in [1.807, 2.05) is 0 Å². The summed E-state index contributed by atoms with van der Waals surface area (Å²) in [7, 11) is 0. The van der Waals surface area contributed by atoms with E-state index in [0.717, 1.165) is 45.1 Å². The standard InChI is InChI=1S/C19H29N3O.ClH/c1-2-15-8-7-9-17-16(14-22-19(15)17)11-13-21-18(23)10-5-3-4-6-12-20;/h7-9,14,22H,2-6,10-13,20H2,1H3,(H,21,23);1H. The van der Waals surface area contributed by atoms with Gasteiger partial charge in [-0.1, -0.05) is 38.0 Å². The Labute approximate surface area is 151 Å². The normalized spacial score (nSPS) is 10.6. The van der Waals surface area contributed by atoms with E-state index in [4.69, 9.17) is 5.73 Å². The number of hydrogen-bond acceptors (Lipinski definition) is 2. The summed E-state index contributed by atoms with van der Waals surface area (Å²) in [6, 6.07) is 6.42. The van der Waals surface area contributed by atoms with Crippen LogP contribution in [-0.2, 0) is 17.6 Å². The summed E-state index contributed by atoms with van der Waals surface area (Å²) in [5, 5.41) is 4.31. The van der Waals surface area contributed by atoms with Gasteiger partial charge in [0, 0.05) is 30.1 Å². The minimum Gasteiger partial charge on any atom is -0.361 e. The molecule has 4 N–H and O–H groups in total. The van der Waals surface area contributed by atoms with Crippen molar-refractivity contribution in [3.05, 3.63) is 35.5 Å². The maximum atomic E-state index is 11.8. The van der Waals surface area contributed by atoms with E-state index in [1.165, 1.54) is 22.0 Å². The van der Waals surface area contributed by atoms with Crippen LogP contribution in [0.2, 0.25) is 0 Å². The average molecular weight is 352 g/mol. The zero-order valence-corrected chi connectivity index (χ0v) is 15.4. The molecule has 0 radical (unpaired) electrons. The van der Waals surface area contributed by atoms with Gasteiger partial charge in [-0.15, -0.1) is 12.4 Å². The van der Waals surface area contributed by atoms with Crippen LogP contribution in [0, 0.1) is 0 Å². The van der Waals surface area contributed by atoms with E-state index in [2.05, 4.69) is 41.6 Å². The first-order valence-corrected chi connectivity index (χ1v) is 8.81. The number of unbranched alkanes of at least 4 members (excludes halogenated alkanes) is 3. The van der Waals surface area contributed by atoms with Gasteiger partial charge in [-0.2, -0.15) is 0 Å². The Bertz CT molecular complexity index is 624. The van der Waals surface area contributed by atoms with Gasteiger partial charge in [-0.05, 0) is 43.4 Å². The van der Waals surface area contributed by atoms with Crippen molar-refractivity contribution < 1.29 is 4.79 Å². The highest BCUT2D eigenvalue weighted by Crippen LogP contribution is 2.22. The molecule has 1 amide bonds. The van der Waals surface area contributed by atoms with Crippen LogP contribution in [0.25, 0.3) is 10.9 Å². The first-order chi connectivity index (χ1) is 11.3. The average Bonchev–Trinajstić information content (AvgIpc) is 2.98. The summed E-state index contributed by atoms with van der Waals surface area (Å²) in [6.07, 6.45) is 8.82. The van der Waals surface area contributed by atoms with Crippen molar-refractivity contribution in [1.82, 2.24) is 10.3 Å². The molecule has 1 heterocycles. The summed E-state index contributed by atoms with van der Waals surface area (Å²) >= 11 is 0. The lowest BCUT2D eigenvalue weighted by atomic mass is 10.1. The number of carbonyl (C=O) groups excluding carboxylic acids is 1. The third-order valence-corrected chi connectivity index (χ3v) is 4.34. The molecular formula is C19H30ClN3O. The number of aryl methyl sites for hydroxylation is 1. The zero-order chi connectivity index (χ0) is 16.5. The molecule has 134 valence electrons. The Morgan fingerprint density at radius 1 is 1.17 bits per heavy atom.